The standard InChI is InChI=1S/C18H14Cl2N2O2/c19-11-4-1-3-10(7-11)17-14-6-2-5-13(14)15-8-12(20)9-16(22(23)24)18(15)21-17/h1-5,7-9,13-14,17,21H,6H2/t13-,14+,17?/m1/s1. The van der Waals surface area contributed by atoms with Crippen LogP contribution in [0.3, 0.4) is 0 Å². The molecule has 0 radical (unpaired) electrons. The number of nitrogens with one attached hydrogen (secondary N) is 1. The number of benzene rings is 2. The second-order valence-corrected chi connectivity index (χ2v) is 7.05. The van der Waals surface area contributed by atoms with Crippen LogP contribution >= 0.6 is 23.2 Å². The van der Waals surface area contributed by atoms with Gasteiger partial charge in [0, 0.05) is 22.0 Å². The zero-order valence-corrected chi connectivity index (χ0v) is 14.1. The Labute approximate surface area is 149 Å². The predicted octanol–water partition coefficient (Wildman–Crippen LogP) is 5.73. The lowest BCUT2D eigenvalue weighted by molar-refractivity contribution is -0.384. The number of rotatable bonds is 2. The fourth-order valence-electron chi connectivity index (χ4n) is 3.82. The molecule has 122 valence electrons. The highest BCUT2D eigenvalue weighted by atomic mass is 35.5. The lowest BCUT2D eigenvalue weighted by Gasteiger charge is -2.37. The zero-order valence-electron chi connectivity index (χ0n) is 12.6. The van der Waals surface area contributed by atoms with Crippen molar-refractivity contribution in [2.24, 2.45) is 5.92 Å². The first kappa shape index (κ1) is 15.5. The number of hydrogen-bond donors (Lipinski definition) is 1. The molecule has 0 saturated heterocycles. The van der Waals surface area contributed by atoms with Crippen LogP contribution in [0.2, 0.25) is 10.0 Å². The van der Waals surface area contributed by atoms with Crippen molar-refractivity contribution in [3.05, 3.63) is 79.8 Å². The number of halogens is 2. The van der Waals surface area contributed by atoms with E-state index in [1.807, 2.05) is 30.3 Å². The Hall–Kier alpha value is -2.04. The third-order valence-corrected chi connectivity index (χ3v) is 5.27. The fourth-order valence-corrected chi connectivity index (χ4v) is 4.24. The Bertz CT molecular complexity index is 866. The number of nitro benzene ring substituents is 1. The van der Waals surface area contributed by atoms with Crippen molar-refractivity contribution in [2.45, 2.75) is 18.4 Å². The van der Waals surface area contributed by atoms with E-state index in [0.717, 1.165) is 17.5 Å². The van der Waals surface area contributed by atoms with Gasteiger partial charge in [-0.05, 0) is 41.7 Å². The van der Waals surface area contributed by atoms with E-state index in [2.05, 4.69) is 17.5 Å². The van der Waals surface area contributed by atoms with Gasteiger partial charge in [0.2, 0.25) is 0 Å². The Morgan fingerprint density at radius 1 is 1.17 bits per heavy atom. The molecule has 1 aliphatic carbocycles. The van der Waals surface area contributed by atoms with Crippen LogP contribution in [0.4, 0.5) is 11.4 Å². The van der Waals surface area contributed by atoms with Crippen molar-refractivity contribution in [1.82, 2.24) is 0 Å². The third kappa shape index (κ3) is 2.46. The van der Waals surface area contributed by atoms with Gasteiger partial charge in [0.1, 0.15) is 5.69 Å². The average molecular weight is 361 g/mol. The Morgan fingerprint density at radius 2 is 2.00 bits per heavy atom. The molecule has 1 aliphatic heterocycles. The van der Waals surface area contributed by atoms with E-state index in [0.29, 0.717) is 15.7 Å². The maximum atomic E-state index is 11.5. The van der Waals surface area contributed by atoms with E-state index < -0.39 is 0 Å². The van der Waals surface area contributed by atoms with Crippen LogP contribution in [-0.4, -0.2) is 4.92 Å². The van der Waals surface area contributed by atoms with Crippen molar-refractivity contribution < 1.29 is 4.92 Å². The zero-order chi connectivity index (χ0) is 16.8. The molecule has 1 heterocycles. The first-order valence-electron chi connectivity index (χ1n) is 7.71. The van der Waals surface area contributed by atoms with Crippen LogP contribution in [-0.2, 0) is 0 Å². The summed E-state index contributed by atoms with van der Waals surface area (Å²) in [5.41, 5.74) is 2.51. The molecule has 0 amide bonds. The van der Waals surface area contributed by atoms with E-state index in [-0.39, 0.29) is 28.5 Å². The predicted molar refractivity (Wildman–Crippen MR) is 95.9 cm³/mol. The SMILES string of the molecule is O=[N+]([O-])c1cc(Cl)cc2c1NC(c1cccc(Cl)c1)[C@H]1CC=C[C@@H]21. The van der Waals surface area contributed by atoms with Gasteiger partial charge in [-0.3, -0.25) is 10.1 Å². The highest BCUT2D eigenvalue weighted by molar-refractivity contribution is 6.31. The highest BCUT2D eigenvalue weighted by Crippen LogP contribution is 2.52. The molecule has 0 aromatic heterocycles. The summed E-state index contributed by atoms with van der Waals surface area (Å²) in [6.07, 6.45) is 5.17. The Morgan fingerprint density at radius 3 is 2.75 bits per heavy atom. The van der Waals surface area contributed by atoms with Crippen LogP contribution in [0.15, 0.2) is 48.6 Å². The number of fused-ring (bicyclic) bond motifs is 3. The first-order valence-corrected chi connectivity index (χ1v) is 8.46. The van der Waals surface area contributed by atoms with Crippen LogP contribution in [0.25, 0.3) is 0 Å². The summed E-state index contributed by atoms with van der Waals surface area (Å²) in [6.45, 7) is 0. The lowest BCUT2D eigenvalue weighted by atomic mass is 9.77. The molecule has 1 N–H and O–H groups in total. The summed E-state index contributed by atoms with van der Waals surface area (Å²) < 4.78 is 0. The summed E-state index contributed by atoms with van der Waals surface area (Å²) in [7, 11) is 0. The fraction of sp³-hybridized carbons (Fsp3) is 0.222. The molecule has 2 aromatic rings. The van der Waals surface area contributed by atoms with Gasteiger partial charge in [0.25, 0.3) is 5.69 Å². The van der Waals surface area contributed by atoms with Gasteiger partial charge in [0.05, 0.1) is 11.0 Å². The van der Waals surface area contributed by atoms with Gasteiger partial charge in [-0.25, -0.2) is 0 Å². The van der Waals surface area contributed by atoms with E-state index in [1.165, 1.54) is 6.07 Å². The number of anilines is 1. The second-order valence-electron chi connectivity index (χ2n) is 6.18. The summed E-state index contributed by atoms with van der Waals surface area (Å²) >= 11 is 12.3. The Kier molecular flexibility index (Phi) is 3.74. The monoisotopic (exact) mass is 360 g/mol. The van der Waals surface area contributed by atoms with Crippen molar-refractivity contribution in [2.75, 3.05) is 5.32 Å². The summed E-state index contributed by atoms with van der Waals surface area (Å²) in [5.74, 6) is 0.400. The number of allylic oxidation sites excluding steroid dienone is 2. The topological polar surface area (TPSA) is 55.2 Å². The van der Waals surface area contributed by atoms with Gasteiger partial charge in [-0.15, -0.1) is 0 Å². The second kappa shape index (κ2) is 5.80. The van der Waals surface area contributed by atoms with Gasteiger partial charge in [-0.1, -0.05) is 47.5 Å². The number of nitro groups is 1. The molecule has 3 atom stereocenters. The van der Waals surface area contributed by atoms with Gasteiger partial charge >= 0.3 is 0 Å². The molecule has 4 rings (SSSR count). The van der Waals surface area contributed by atoms with Gasteiger partial charge in [-0.2, -0.15) is 0 Å². The quantitative estimate of drug-likeness (QED) is 0.422. The minimum atomic E-state index is -0.383. The van der Waals surface area contributed by atoms with Crippen LogP contribution in [0, 0.1) is 16.0 Å². The molecule has 24 heavy (non-hydrogen) atoms. The maximum absolute atomic E-state index is 11.5. The number of hydrogen-bond acceptors (Lipinski definition) is 3. The highest BCUT2D eigenvalue weighted by Gasteiger charge is 2.40. The van der Waals surface area contributed by atoms with Gasteiger partial charge < -0.3 is 5.32 Å². The molecule has 2 aromatic carbocycles. The minimum Gasteiger partial charge on any atom is -0.372 e. The molecule has 1 unspecified atom stereocenters. The van der Waals surface area contributed by atoms with Crippen LogP contribution in [0.1, 0.15) is 29.5 Å². The average Bonchev–Trinajstić information content (AvgIpc) is 3.03. The van der Waals surface area contributed by atoms with Gasteiger partial charge in [0.15, 0.2) is 0 Å². The van der Waals surface area contributed by atoms with Crippen molar-refractivity contribution >= 4 is 34.6 Å². The summed E-state index contributed by atoms with van der Waals surface area (Å²) in [5, 5.41) is 15.9. The van der Waals surface area contributed by atoms with E-state index in [1.54, 1.807) is 0 Å². The molecule has 0 fully saturated rings. The molecular weight excluding hydrogens is 347 g/mol. The van der Waals surface area contributed by atoms with E-state index in [9.17, 15) is 10.1 Å². The number of nitrogens with zero attached hydrogens (tertiary/aromatic N) is 1. The first-order chi connectivity index (χ1) is 11.5. The minimum absolute atomic E-state index is 0.0169. The van der Waals surface area contributed by atoms with Crippen molar-refractivity contribution in [1.29, 1.82) is 0 Å². The molecule has 0 saturated carbocycles. The normalized spacial score (nSPS) is 24.2. The van der Waals surface area contributed by atoms with Crippen LogP contribution in [0.5, 0.6) is 0 Å². The molecule has 2 aliphatic rings. The molecule has 6 heteroatoms. The molecule has 0 bridgehead atoms. The van der Waals surface area contributed by atoms with Crippen LogP contribution < -0.4 is 5.32 Å². The largest absolute Gasteiger partial charge is 0.372 e. The summed E-state index contributed by atoms with van der Waals surface area (Å²) in [6, 6.07) is 10.9. The third-order valence-electron chi connectivity index (χ3n) is 4.82. The van der Waals surface area contributed by atoms with Crippen molar-refractivity contribution in [3.63, 3.8) is 0 Å². The summed E-state index contributed by atoms with van der Waals surface area (Å²) in [4.78, 5) is 11.1. The molecule has 4 nitrogen and oxygen atoms in total. The van der Waals surface area contributed by atoms with E-state index in [4.69, 9.17) is 23.2 Å². The lowest BCUT2D eigenvalue weighted by Crippen LogP contribution is -2.29. The molecule has 0 spiro atoms. The maximum Gasteiger partial charge on any atom is 0.294 e. The molecular formula is C18H14Cl2N2O2. The van der Waals surface area contributed by atoms with Crippen molar-refractivity contribution in [3.8, 4) is 0 Å². The smallest absolute Gasteiger partial charge is 0.294 e. The Balaban J connectivity index is 1.87. The van der Waals surface area contributed by atoms with E-state index >= 15 is 0 Å².